The first-order chi connectivity index (χ1) is 10.2. The molecular formula is C14H12ClN5O. The van der Waals surface area contributed by atoms with E-state index in [1.807, 2.05) is 12.1 Å². The van der Waals surface area contributed by atoms with Gasteiger partial charge in [0.2, 0.25) is 11.8 Å². The Kier molecular flexibility index (Phi) is 2.71. The van der Waals surface area contributed by atoms with E-state index in [-0.39, 0.29) is 5.95 Å². The molecule has 3 aromatic rings. The molecule has 0 unspecified atom stereocenters. The van der Waals surface area contributed by atoms with Crippen molar-refractivity contribution in [3.8, 4) is 17.1 Å². The number of nitrogens with two attached hydrogens (primary N) is 1. The molecule has 0 saturated heterocycles. The number of ether oxygens (including phenoxy) is 1. The van der Waals surface area contributed by atoms with E-state index < -0.39 is 0 Å². The molecule has 0 bridgehead atoms. The zero-order chi connectivity index (χ0) is 14.4. The molecular weight excluding hydrogens is 290 g/mol. The summed E-state index contributed by atoms with van der Waals surface area (Å²) in [4.78, 5) is 8.45. The average Bonchev–Trinajstić information content (AvgIpc) is 3.19. The third-order valence-electron chi connectivity index (χ3n) is 3.26. The first-order valence-corrected chi connectivity index (χ1v) is 7.02. The van der Waals surface area contributed by atoms with Gasteiger partial charge in [0.1, 0.15) is 6.10 Å². The SMILES string of the molecule is Nc1nc2cc(Cl)cc(-c3ccc(OC4CC4)nc3)n2n1. The van der Waals surface area contributed by atoms with Crippen LogP contribution in [0.5, 0.6) is 5.88 Å². The minimum Gasteiger partial charge on any atom is -0.474 e. The zero-order valence-electron chi connectivity index (χ0n) is 11.0. The van der Waals surface area contributed by atoms with E-state index in [1.165, 1.54) is 0 Å². The molecule has 21 heavy (non-hydrogen) atoms. The molecule has 1 saturated carbocycles. The van der Waals surface area contributed by atoms with Gasteiger partial charge >= 0.3 is 0 Å². The van der Waals surface area contributed by atoms with Gasteiger partial charge in [0, 0.05) is 28.9 Å². The van der Waals surface area contributed by atoms with Gasteiger partial charge in [-0.05, 0) is 25.0 Å². The number of halogens is 1. The fraction of sp³-hybridized carbons (Fsp3) is 0.214. The Morgan fingerprint density at radius 3 is 2.86 bits per heavy atom. The van der Waals surface area contributed by atoms with Crippen LogP contribution in [0.15, 0.2) is 30.5 Å². The van der Waals surface area contributed by atoms with Crippen molar-refractivity contribution >= 4 is 23.2 Å². The van der Waals surface area contributed by atoms with Crippen molar-refractivity contribution in [1.29, 1.82) is 0 Å². The van der Waals surface area contributed by atoms with Gasteiger partial charge in [-0.1, -0.05) is 11.6 Å². The van der Waals surface area contributed by atoms with E-state index in [1.54, 1.807) is 22.8 Å². The Bertz CT molecular complexity index is 810. The van der Waals surface area contributed by atoms with Crippen molar-refractivity contribution in [1.82, 2.24) is 19.6 Å². The molecule has 0 atom stereocenters. The topological polar surface area (TPSA) is 78.3 Å². The van der Waals surface area contributed by atoms with Crippen molar-refractivity contribution in [2.24, 2.45) is 0 Å². The number of anilines is 1. The number of rotatable bonds is 3. The number of hydrogen-bond donors (Lipinski definition) is 1. The van der Waals surface area contributed by atoms with Crippen LogP contribution in [0.2, 0.25) is 5.02 Å². The maximum Gasteiger partial charge on any atom is 0.240 e. The molecule has 0 amide bonds. The third-order valence-corrected chi connectivity index (χ3v) is 3.48. The van der Waals surface area contributed by atoms with E-state index in [0.29, 0.717) is 22.7 Å². The second-order valence-corrected chi connectivity index (χ2v) is 5.44. The molecule has 3 aromatic heterocycles. The summed E-state index contributed by atoms with van der Waals surface area (Å²) in [6, 6.07) is 7.29. The van der Waals surface area contributed by atoms with Crippen LogP contribution in [-0.2, 0) is 0 Å². The van der Waals surface area contributed by atoms with Crippen LogP contribution in [0.1, 0.15) is 12.8 Å². The van der Waals surface area contributed by atoms with Gasteiger partial charge in [-0.2, -0.15) is 4.98 Å². The molecule has 6 nitrogen and oxygen atoms in total. The number of hydrogen-bond acceptors (Lipinski definition) is 5. The molecule has 0 spiro atoms. The molecule has 1 aliphatic carbocycles. The molecule has 0 aliphatic heterocycles. The van der Waals surface area contributed by atoms with Crippen LogP contribution in [0.3, 0.4) is 0 Å². The largest absolute Gasteiger partial charge is 0.474 e. The summed E-state index contributed by atoms with van der Waals surface area (Å²) in [5.74, 6) is 0.845. The number of nitrogens with zero attached hydrogens (tertiary/aromatic N) is 4. The van der Waals surface area contributed by atoms with Crippen LogP contribution in [0, 0.1) is 0 Å². The van der Waals surface area contributed by atoms with Crippen molar-refractivity contribution in [2.45, 2.75) is 18.9 Å². The van der Waals surface area contributed by atoms with Crippen LogP contribution >= 0.6 is 11.6 Å². The summed E-state index contributed by atoms with van der Waals surface area (Å²) in [5, 5.41) is 4.75. The lowest BCUT2D eigenvalue weighted by atomic mass is 10.2. The Balaban J connectivity index is 1.77. The van der Waals surface area contributed by atoms with Crippen molar-refractivity contribution < 1.29 is 4.74 Å². The number of nitrogen functional groups attached to an aromatic ring is 1. The highest BCUT2D eigenvalue weighted by Gasteiger charge is 2.23. The van der Waals surface area contributed by atoms with Gasteiger partial charge in [0.15, 0.2) is 5.65 Å². The van der Waals surface area contributed by atoms with E-state index in [4.69, 9.17) is 22.1 Å². The lowest BCUT2D eigenvalue weighted by Gasteiger charge is -2.07. The molecule has 1 aliphatic rings. The van der Waals surface area contributed by atoms with Crippen molar-refractivity contribution in [3.05, 3.63) is 35.5 Å². The van der Waals surface area contributed by atoms with Gasteiger partial charge in [0.25, 0.3) is 0 Å². The smallest absolute Gasteiger partial charge is 0.240 e. The van der Waals surface area contributed by atoms with E-state index in [2.05, 4.69) is 15.1 Å². The number of aromatic nitrogens is 4. The highest BCUT2D eigenvalue weighted by Crippen LogP contribution is 2.28. The third kappa shape index (κ3) is 2.38. The van der Waals surface area contributed by atoms with Gasteiger partial charge in [-0.25, -0.2) is 9.50 Å². The molecule has 106 valence electrons. The first-order valence-electron chi connectivity index (χ1n) is 6.64. The Morgan fingerprint density at radius 1 is 1.29 bits per heavy atom. The van der Waals surface area contributed by atoms with Gasteiger partial charge in [-0.15, -0.1) is 5.10 Å². The summed E-state index contributed by atoms with van der Waals surface area (Å²) in [7, 11) is 0. The number of fused-ring (bicyclic) bond motifs is 1. The predicted octanol–water partition coefficient (Wildman–Crippen LogP) is 2.57. The van der Waals surface area contributed by atoms with Crippen LogP contribution in [0.25, 0.3) is 16.9 Å². The molecule has 4 rings (SSSR count). The Hall–Kier alpha value is -2.34. The molecule has 3 heterocycles. The molecule has 2 N–H and O–H groups in total. The zero-order valence-corrected chi connectivity index (χ0v) is 11.8. The normalized spacial score (nSPS) is 14.5. The van der Waals surface area contributed by atoms with Crippen LogP contribution < -0.4 is 10.5 Å². The van der Waals surface area contributed by atoms with Crippen LogP contribution in [0.4, 0.5) is 5.95 Å². The van der Waals surface area contributed by atoms with Gasteiger partial charge in [0.05, 0.1) is 5.69 Å². The molecule has 7 heteroatoms. The maximum atomic E-state index is 6.12. The fourth-order valence-corrected chi connectivity index (χ4v) is 2.33. The van der Waals surface area contributed by atoms with E-state index in [9.17, 15) is 0 Å². The minimum absolute atomic E-state index is 0.208. The van der Waals surface area contributed by atoms with E-state index >= 15 is 0 Å². The lowest BCUT2D eigenvalue weighted by molar-refractivity contribution is 0.291. The summed E-state index contributed by atoms with van der Waals surface area (Å²) >= 11 is 6.12. The highest BCUT2D eigenvalue weighted by molar-refractivity contribution is 6.31. The summed E-state index contributed by atoms with van der Waals surface area (Å²) < 4.78 is 7.29. The predicted molar refractivity (Wildman–Crippen MR) is 79.3 cm³/mol. The second kappa shape index (κ2) is 4.60. The standard InChI is InChI=1S/C14H12ClN5O/c15-9-5-11(20-12(6-9)18-14(16)19-20)8-1-4-13(17-7-8)21-10-2-3-10/h1,4-7,10H,2-3H2,(H2,16,19). The van der Waals surface area contributed by atoms with Crippen molar-refractivity contribution in [2.75, 3.05) is 5.73 Å². The monoisotopic (exact) mass is 301 g/mol. The first kappa shape index (κ1) is 12.4. The van der Waals surface area contributed by atoms with Crippen LogP contribution in [-0.4, -0.2) is 25.7 Å². The van der Waals surface area contributed by atoms with Gasteiger partial charge < -0.3 is 10.5 Å². The van der Waals surface area contributed by atoms with Gasteiger partial charge in [-0.3, -0.25) is 0 Å². The minimum atomic E-state index is 0.208. The molecule has 0 aromatic carbocycles. The van der Waals surface area contributed by atoms with Crippen molar-refractivity contribution in [3.63, 3.8) is 0 Å². The lowest BCUT2D eigenvalue weighted by Crippen LogP contribution is -1.99. The maximum absolute atomic E-state index is 6.12. The molecule has 1 fully saturated rings. The number of pyridine rings is 2. The second-order valence-electron chi connectivity index (χ2n) is 5.00. The fourth-order valence-electron chi connectivity index (χ4n) is 2.13. The average molecular weight is 302 g/mol. The Morgan fingerprint density at radius 2 is 2.14 bits per heavy atom. The van der Waals surface area contributed by atoms with E-state index in [0.717, 1.165) is 24.1 Å². The summed E-state index contributed by atoms with van der Waals surface area (Å²) in [5.41, 5.74) is 7.91. The highest BCUT2D eigenvalue weighted by atomic mass is 35.5. The Labute approximate surface area is 125 Å². The quantitative estimate of drug-likeness (QED) is 0.804. The summed E-state index contributed by atoms with van der Waals surface area (Å²) in [6.07, 6.45) is 4.28. The molecule has 0 radical (unpaired) electrons. The summed E-state index contributed by atoms with van der Waals surface area (Å²) in [6.45, 7) is 0.